The van der Waals surface area contributed by atoms with Crippen molar-refractivity contribution in [1.82, 2.24) is 4.98 Å². The van der Waals surface area contributed by atoms with Gasteiger partial charge < -0.3 is 15.5 Å². The van der Waals surface area contributed by atoms with Crippen LogP contribution >= 0.6 is 11.8 Å². The number of hydrogen-bond acceptors (Lipinski definition) is 5. The van der Waals surface area contributed by atoms with Crippen LogP contribution in [-0.2, 0) is 4.79 Å². The number of hydrogen-bond donors (Lipinski definition) is 2. The molecule has 1 aromatic carbocycles. The van der Waals surface area contributed by atoms with Crippen LogP contribution in [0.5, 0.6) is 0 Å². The Hall–Kier alpha value is -2.02. The highest BCUT2D eigenvalue weighted by atomic mass is 32.2. The number of amides is 1. The number of nitrogens with one attached hydrogen (secondary N) is 1. The molecule has 0 aliphatic carbocycles. The van der Waals surface area contributed by atoms with E-state index in [1.165, 1.54) is 30.2 Å². The summed E-state index contributed by atoms with van der Waals surface area (Å²) in [4.78, 5) is 15.6. The molecule has 0 bridgehead atoms. The third-order valence-electron chi connectivity index (χ3n) is 2.25. The quantitative estimate of drug-likeness (QED) is 0.650. The first-order chi connectivity index (χ1) is 9.15. The topological polar surface area (TPSA) is 81.1 Å². The standard InChI is InChI=1S/C12H12FN3O2S/c13-8-1-2-10(9(14)7-8)16-11(17)3-6-19-12-15-4-5-18-12/h1-2,4-5,7H,3,6,14H2,(H,16,17). The van der Waals surface area contributed by atoms with Gasteiger partial charge in [0.15, 0.2) is 0 Å². The number of rotatable bonds is 5. The molecule has 2 rings (SSSR count). The molecule has 19 heavy (non-hydrogen) atoms. The van der Waals surface area contributed by atoms with E-state index in [1.54, 1.807) is 6.20 Å². The van der Waals surface area contributed by atoms with Crippen molar-refractivity contribution in [1.29, 1.82) is 0 Å². The van der Waals surface area contributed by atoms with Gasteiger partial charge in [0, 0.05) is 12.2 Å². The molecule has 0 aliphatic heterocycles. The van der Waals surface area contributed by atoms with Crippen LogP contribution in [0.2, 0.25) is 0 Å². The molecule has 0 radical (unpaired) electrons. The maximum atomic E-state index is 12.8. The van der Waals surface area contributed by atoms with Gasteiger partial charge in [-0.3, -0.25) is 4.79 Å². The van der Waals surface area contributed by atoms with Crippen molar-refractivity contribution in [3.8, 4) is 0 Å². The first-order valence-corrected chi connectivity index (χ1v) is 6.51. The normalized spacial score (nSPS) is 10.4. The Bertz CT molecular complexity index is 560. The molecular formula is C12H12FN3O2S. The highest BCUT2D eigenvalue weighted by Crippen LogP contribution is 2.20. The number of carbonyl (C=O) groups excluding carboxylic acids is 1. The van der Waals surface area contributed by atoms with Gasteiger partial charge in [0.25, 0.3) is 5.22 Å². The van der Waals surface area contributed by atoms with Crippen LogP contribution in [0.3, 0.4) is 0 Å². The van der Waals surface area contributed by atoms with E-state index in [9.17, 15) is 9.18 Å². The zero-order valence-corrected chi connectivity index (χ0v) is 10.7. The van der Waals surface area contributed by atoms with Crippen molar-refractivity contribution in [3.05, 3.63) is 36.5 Å². The Kier molecular flexibility index (Phi) is 4.40. The van der Waals surface area contributed by atoms with Gasteiger partial charge in [0.05, 0.1) is 17.6 Å². The summed E-state index contributed by atoms with van der Waals surface area (Å²) in [6, 6.07) is 3.84. The molecule has 1 heterocycles. The van der Waals surface area contributed by atoms with Crippen molar-refractivity contribution >= 4 is 29.0 Å². The average molecular weight is 281 g/mol. The molecule has 3 N–H and O–H groups in total. The van der Waals surface area contributed by atoms with Crippen molar-refractivity contribution in [2.75, 3.05) is 16.8 Å². The van der Waals surface area contributed by atoms with E-state index >= 15 is 0 Å². The van der Waals surface area contributed by atoms with E-state index in [1.807, 2.05) is 0 Å². The molecule has 7 heteroatoms. The molecule has 100 valence electrons. The highest BCUT2D eigenvalue weighted by molar-refractivity contribution is 7.99. The molecular weight excluding hydrogens is 269 g/mol. The lowest BCUT2D eigenvalue weighted by molar-refractivity contribution is -0.115. The maximum Gasteiger partial charge on any atom is 0.255 e. The van der Waals surface area contributed by atoms with E-state index in [0.717, 1.165) is 6.07 Å². The fourth-order valence-electron chi connectivity index (χ4n) is 1.37. The predicted molar refractivity (Wildman–Crippen MR) is 71.3 cm³/mol. The lowest BCUT2D eigenvalue weighted by Crippen LogP contribution is -2.13. The smallest absolute Gasteiger partial charge is 0.255 e. The Morgan fingerprint density at radius 2 is 2.37 bits per heavy atom. The molecule has 0 aliphatic rings. The molecule has 0 saturated heterocycles. The van der Waals surface area contributed by atoms with Crippen LogP contribution in [-0.4, -0.2) is 16.6 Å². The summed E-state index contributed by atoms with van der Waals surface area (Å²) in [6.07, 6.45) is 3.30. The Morgan fingerprint density at radius 3 is 3.05 bits per heavy atom. The summed E-state index contributed by atoms with van der Waals surface area (Å²) in [5.74, 6) is -0.0970. The van der Waals surface area contributed by atoms with Crippen LogP contribution in [0.25, 0.3) is 0 Å². The molecule has 2 aromatic rings. The SMILES string of the molecule is Nc1cc(F)ccc1NC(=O)CCSc1ncco1. The fraction of sp³-hybridized carbons (Fsp3) is 0.167. The predicted octanol–water partition coefficient (Wildman–Crippen LogP) is 2.52. The monoisotopic (exact) mass is 281 g/mol. The summed E-state index contributed by atoms with van der Waals surface area (Å²) < 4.78 is 17.9. The Labute approximate surface area is 113 Å². The second-order valence-electron chi connectivity index (χ2n) is 3.68. The lowest BCUT2D eigenvalue weighted by atomic mass is 10.2. The van der Waals surface area contributed by atoms with E-state index in [4.69, 9.17) is 10.2 Å². The highest BCUT2D eigenvalue weighted by Gasteiger charge is 2.07. The first-order valence-electron chi connectivity index (χ1n) is 5.52. The number of halogens is 1. The number of nitrogen functional groups attached to an aromatic ring is 1. The van der Waals surface area contributed by atoms with Crippen LogP contribution in [0.15, 0.2) is 40.3 Å². The zero-order chi connectivity index (χ0) is 13.7. The average Bonchev–Trinajstić information content (AvgIpc) is 2.86. The Morgan fingerprint density at radius 1 is 1.53 bits per heavy atom. The minimum absolute atomic E-state index is 0.197. The van der Waals surface area contributed by atoms with E-state index in [0.29, 0.717) is 16.7 Å². The zero-order valence-electron chi connectivity index (χ0n) is 9.93. The summed E-state index contributed by atoms with van der Waals surface area (Å²) in [5.41, 5.74) is 6.20. The molecule has 0 saturated carbocycles. The van der Waals surface area contributed by atoms with Gasteiger partial charge in [-0.15, -0.1) is 0 Å². The molecule has 1 amide bonds. The number of carbonyl (C=O) groups is 1. The van der Waals surface area contributed by atoms with Crippen molar-refractivity contribution < 1.29 is 13.6 Å². The summed E-state index contributed by atoms with van der Waals surface area (Å²) >= 11 is 1.34. The molecule has 0 unspecified atom stereocenters. The van der Waals surface area contributed by atoms with Crippen LogP contribution in [0.4, 0.5) is 15.8 Å². The van der Waals surface area contributed by atoms with Gasteiger partial charge in [-0.05, 0) is 18.2 Å². The van der Waals surface area contributed by atoms with Gasteiger partial charge in [0.1, 0.15) is 12.1 Å². The van der Waals surface area contributed by atoms with Crippen molar-refractivity contribution in [3.63, 3.8) is 0 Å². The number of oxazole rings is 1. The molecule has 1 aromatic heterocycles. The molecule has 0 fully saturated rings. The van der Waals surface area contributed by atoms with Gasteiger partial charge in [-0.25, -0.2) is 9.37 Å². The second-order valence-corrected chi connectivity index (χ2v) is 4.72. The maximum absolute atomic E-state index is 12.8. The molecule has 0 spiro atoms. The minimum Gasteiger partial charge on any atom is -0.440 e. The van der Waals surface area contributed by atoms with Crippen molar-refractivity contribution in [2.24, 2.45) is 0 Å². The number of nitrogens with zero attached hydrogens (tertiary/aromatic N) is 1. The van der Waals surface area contributed by atoms with Crippen molar-refractivity contribution in [2.45, 2.75) is 11.6 Å². The van der Waals surface area contributed by atoms with E-state index in [2.05, 4.69) is 10.3 Å². The van der Waals surface area contributed by atoms with E-state index < -0.39 is 5.82 Å². The number of anilines is 2. The first kappa shape index (κ1) is 13.4. The lowest BCUT2D eigenvalue weighted by Gasteiger charge is -2.07. The summed E-state index contributed by atoms with van der Waals surface area (Å²) in [6.45, 7) is 0. The number of nitrogens with two attached hydrogens (primary N) is 1. The molecule has 0 atom stereocenters. The third-order valence-corrected chi connectivity index (χ3v) is 3.11. The van der Waals surface area contributed by atoms with Gasteiger partial charge >= 0.3 is 0 Å². The Balaban J connectivity index is 1.80. The van der Waals surface area contributed by atoms with Crippen LogP contribution in [0.1, 0.15) is 6.42 Å². The van der Waals surface area contributed by atoms with Crippen LogP contribution in [0, 0.1) is 5.82 Å². The summed E-state index contributed by atoms with van der Waals surface area (Å²) in [7, 11) is 0. The fourth-order valence-corrected chi connectivity index (χ4v) is 2.09. The molecule has 5 nitrogen and oxygen atoms in total. The largest absolute Gasteiger partial charge is 0.440 e. The second kappa shape index (κ2) is 6.24. The third kappa shape index (κ3) is 3.99. The van der Waals surface area contributed by atoms with E-state index in [-0.39, 0.29) is 18.0 Å². The van der Waals surface area contributed by atoms with Gasteiger partial charge in [-0.2, -0.15) is 0 Å². The van der Waals surface area contributed by atoms with Crippen LogP contribution < -0.4 is 11.1 Å². The summed E-state index contributed by atoms with van der Waals surface area (Å²) in [5, 5.41) is 3.14. The number of thioether (sulfide) groups is 1. The van der Waals surface area contributed by atoms with Gasteiger partial charge in [-0.1, -0.05) is 11.8 Å². The minimum atomic E-state index is -0.435. The number of benzene rings is 1. The number of aromatic nitrogens is 1. The van der Waals surface area contributed by atoms with Gasteiger partial charge in [0.2, 0.25) is 5.91 Å².